The summed E-state index contributed by atoms with van der Waals surface area (Å²) in [7, 11) is 0. The number of carbonyl (C=O) groups is 1. The van der Waals surface area contributed by atoms with E-state index >= 15 is 0 Å². The normalized spacial score (nSPS) is 23.9. The van der Waals surface area contributed by atoms with E-state index in [1.807, 2.05) is 6.92 Å². The van der Waals surface area contributed by atoms with Crippen LogP contribution in [-0.4, -0.2) is 12.6 Å². The van der Waals surface area contributed by atoms with E-state index in [2.05, 4.69) is 28.9 Å². The summed E-state index contributed by atoms with van der Waals surface area (Å²) < 4.78 is 6.10. The first-order valence-electron chi connectivity index (χ1n) is 5.58. The third-order valence-electron chi connectivity index (χ3n) is 3.01. The molecule has 0 aliphatic heterocycles. The number of esters is 1. The fourth-order valence-electron chi connectivity index (χ4n) is 2.19. The second-order valence-electron chi connectivity index (χ2n) is 4.33. The number of thiophene rings is 1. The fraction of sp³-hybridized carbons (Fsp3) is 0.583. The van der Waals surface area contributed by atoms with Crippen LogP contribution in [0.4, 0.5) is 0 Å². The molecule has 0 saturated heterocycles. The molecule has 0 amide bonds. The largest absolute Gasteiger partial charge is 0.462 e. The Morgan fingerprint density at radius 1 is 1.62 bits per heavy atom. The summed E-state index contributed by atoms with van der Waals surface area (Å²) in [6.07, 6.45) is 2.38. The minimum Gasteiger partial charge on any atom is -0.462 e. The highest BCUT2D eigenvalue weighted by Gasteiger charge is 2.31. The van der Waals surface area contributed by atoms with Crippen molar-refractivity contribution >= 4 is 33.2 Å². The minimum atomic E-state index is -0.173. The lowest BCUT2D eigenvalue weighted by Gasteiger charge is -2.32. The van der Waals surface area contributed by atoms with Gasteiger partial charge in [-0.25, -0.2) is 4.79 Å². The first-order chi connectivity index (χ1) is 7.61. The van der Waals surface area contributed by atoms with Crippen LogP contribution in [0.1, 0.15) is 47.8 Å². The molecule has 0 spiro atoms. The summed E-state index contributed by atoms with van der Waals surface area (Å²) in [5.41, 5.74) is 1.17. The van der Waals surface area contributed by atoms with Crippen LogP contribution in [0, 0.1) is 5.92 Å². The molecule has 2 rings (SSSR count). The molecule has 1 fully saturated rings. The van der Waals surface area contributed by atoms with Gasteiger partial charge in [0.05, 0.1) is 10.4 Å². The zero-order valence-electron chi connectivity index (χ0n) is 9.46. The molecule has 0 aromatic carbocycles. The van der Waals surface area contributed by atoms with Gasteiger partial charge in [0.25, 0.3) is 0 Å². The van der Waals surface area contributed by atoms with E-state index in [1.54, 1.807) is 0 Å². The van der Waals surface area contributed by atoms with Gasteiger partial charge in [0.2, 0.25) is 0 Å². The summed E-state index contributed by atoms with van der Waals surface area (Å²) >= 11 is 4.93. The van der Waals surface area contributed by atoms with Gasteiger partial charge < -0.3 is 4.74 Å². The molecule has 16 heavy (non-hydrogen) atoms. The van der Waals surface area contributed by atoms with E-state index in [4.69, 9.17) is 4.74 Å². The van der Waals surface area contributed by atoms with E-state index in [9.17, 15) is 4.79 Å². The molecular formula is C12H15BrO2S. The summed E-state index contributed by atoms with van der Waals surface area (Å²) in [6.45, 7) is 4.53. The van der Waals surface area contributed by atoms with E-state index < -0.39 is 0 Å². The topological polar surface area (TPSA) is 26.3 Å². The van der Waals surface area contributed by atoms with Crippen LogP contribution < -0.4 is 0 Å². The zero-order valence-corrected chi connectivity index (χ0v) is 11.9. The summed E-state index contributed by atoms with van der Waals surface area (Å²) in [5.74, 6) is 1.17. The highest BCUT2D eigenvalue weighted by Crippen LogP contribution is 2.45. The van der Waals surface area contributed by atoms with Crippen molar-refractivity contribution in [3.8, 4) is 0 Å². The lowest BCUT2D eigenvalue weighted by molar-refractivity contribution is 0.0529. The third kappa shape index (κ3) is 2.33. The highest BCUT2D eigenvalue weighted by molar-refractivity contribution is 9.11. The van der Waals surface area contributed by atoms with Crippen molar-refractivity contribution in [3.05, 3.63) is 20.3 Å². The van der Waals surface area contributed by atoms with Crippen LogP contribution in [0.15, 0.2) is 9.85 Å². The van der Waals surface area contributed by atoms with Gasteiger partial charge in [0.1, 0.15) is 4.88 Å². The number of hydrogen-bond donors (Lipinski definition) is 0. The van der Waals surface area contributed by atoms with Crippen LogP contribution in [0.3, 0.4) is 0 Å². The molecule has 1 aliphatic rings. The molecule has 1 heterocycles. The smallest absolute Gasteiger partial charge is 0.348 e. The Morgan fingerprint density at radius 2 is 2.31 bits per heavy atom. The molecule has 2 nitrogen and oxygen atoms in total. The van der Waals surface area contributed by atoms with Crippen molar-refractivity contribution in [3.63, 3.8) is 0 Å². The van der Waals surface area contributed by atoms with Crippen molar-refractivity contribution in [2.45, 2.75) is 32.6 Å². The average Bonchev–Trinajstić information content (AvgIpc) is 2.55. The molecular weight excluding hydrogens is 288 g/mol. The first-order valence-corrected chi connectivity index (χ1v) is 7.19. The Morgan fingerprint density at radius 3 is 2.88 bits per heavy atom. The predicted octanol–water partition coefficient (Wildman–Crippen LogP) is 4.20. The van der Waals surface area contributed by atoms with Gasteiger partial charge in [0, 0.05) is 0 Å². The molecule has 0 atom stereocenters. The molecule has 1 aliphatic carbocycles. The molecule has 1 aromatic heterocycles. The molecule has 0 unspecified atom stereocenters. The van der Waals surface area contributed by atoms with Crippen molar-refractivity contribution in [1.29, 1.82) is 0 Å². The van der Waals surface area contributed by atoms with Gasteiger partial charge in [-0.1, -0.05) is 6.92 Å². The summed E-state index contributed by atoms with van der Waals surface area (Å²) in [4.78, 5) is 12.6. The Kier molecular flexibility index (Phi) is 3.70. The van der Waals surface area contributed by atoms with E-state index in [-0.39, 0.29) is 5.97 Å². The Balaban J connectivity index is 2.20. The van der Waals surface area contributed by atoms with Crippen LogP contribution in [0.5, 0.6) is 0 Å². The Hall–Kier alpha value is -0.350. The molecule has 4 heteroatoms. The van der Waals surface area contributed by atoms with Gasteiger partial charge in [-0.15, -0.1) is 11.3 Å². The molecule has 1 saturated carbocycles. The van der Waals surface area contributed by atoms with Crippen molar-refractivity contribution in [2.24, 2.45) is 5.92 Å². The number of carbonyl (C=O) groups excluding carboxylic acids is 1. The molecule has 88 valence electrons. The summed E-state index contributed by atoms with van der Waals surface area (Å²) in [5, 5.41) is 0. The van der Waals surface area contributed by atoms with Gasteiger partial charge in [-0.3, -0.25) is 0 Å². The summed E-state index contributed by atoms with van der Waals surface area (Å²) in [6, 6.07) is 2.08. The monoisotopic (exact) mass is 302 g/mol. The molecule has 0 bridgehead atoms. The van der Waals surface area contributed by atoms with E-state index in [0.717, 1.165) is 14.6 Å². The molecule has 0 radical (unpaired) electrons. The van der Waals surface area contributed by atoms with E-state index in [1.165, 1.54) is 29.7 Å². The maximum Gasteiger partial charge on any atom is 0.348 e. The Labute approximate surface area is 108 Å². The van der Waals surface area contributed by atoms with Gasteiger partial charge in [-0.2, -0.15) is 0 Å². The minimum absolute atomic E-state index is 0.173. The number of ether oxygens (including phenoxy) is 1. The van der Waals surface area contributed by atoms with Crippen molar-refractivity contribution in [2.75, 3.05) is 6.61 Å². The molecule has 1 aromatic rings. The van der Waals surface area contributed by atoms with Gasteiger partial charge in [-0.05, 0) is 59.2 Å². The second-order valence-corrected chi connectivity index (χ2v) is 6.76. The maximum absolute atomic E-state index is 11.8. The maximum atomic E-state index is 11.8. The van der Waals surface area contributed by atoms with Gasteiger partial charge >= 0.3 is 5.97 Å². The van der Waals surface area contributed by atoms with Crippen molar-refractivity contribution < 1.29 is 9.53 Å². The van der Waals surface area contributed by atoms with Crippen molar-refractivity contribution in [1.82, 2.24) is 0 Å². The second kappa shape index (κ2) is 4.88. The fourth-order valence-corrected chi connectivity index (χ4v) is 3.79. The Bertz CT molecular complexity index is 394. The number of halogens is 1. The zero-order chi connectivity index (χ0) is 11.7. The first kappa shape index (κ1) is 12.1. The number of hydrogen-bond acceptors (Lipinski definition) is 3. The van der Waals surface area contributed by atoms with Crippen LogP contribution in [0.25, 0.3) is 0 Å². The van der Waals surface area contributed by atoms with Crippen LogP contribution in [0.2, 0.25) is 0 Å². The average molecular weight is 303 g/mol. The van der Waals surface area contributed by atoms with Gasteiger partial charge in [0.15, 0.2) is 0 Å². The molecule has 0 N–H and O–H groups in total. The predicted molar refractivity (Wildman–Crippen MR) is 69.1 cm³/mol. The SMILES string of the molecule is CCOC(=O)c1sc(Br)cc1C1CC(C)C1. The standard InChI is InChI=1S/C12H15BrO2S/c1-3-15-12(14)11-9(6-10(13)16-11)8-4-7(2)5-8/h6-8H,3-5H2,1-2H3. The third-order valence-corrected chi connectivity index (χ3v) is 4.64. The highest BCUT2D eigenvalue weighted by atomic mass is 79.9. The van der Waals surface area contributed by atoms with Crippen LogP contribution >= 0.6 is 27.3 Å². The van der Waals surface area contributed by atoms with E-state index in [0.29, 0.717) is 12.5 Å². The lowest BCUT2D eigenvalue weighted by Crippen LogP contribution is -2.20. The lowest BCUT2D eigenvalue weighted by atomic mass is 9.72. The van der Waals surface area contributed by atoms with Crippen LogP contribution in [-0.2, 0) is 4.74 Å². The number of rotatable bonds is 3. The quantitative estimate of drug-likeness (QED) is 0.782.